The monoisotopic (exact) mass is 642 g/mol. The van der Waals surface area contributed by atoms with Gasteiger partial charge in [0.05, 0.1) is 11.4 Å². The Bertz CT molecular complexity index is 1060. The molecule has 34 heavy (non-hydrogen) atoms. The number of rotatable bonds is 6. The number of aromatic nitrogens is 1. The molecule has 1 radical (unpaired) electrons. The summed E-state index contributed by atoms with van der Waals surface area (Å²) < 4.78 is 0. The van der Waals surface area contributed by atoms with Crippen LogP contribution in [0.3, 0.4) is 0 Å². The van der Waals surface area contributed by atoms with Gasteiger partial charge >= 0.3 is 40.8 Å². The molecule has 2 unspecified atom stereocenters. The second-order valence-electron chi connectivity index (χ2n) is 7.93. The number of halogens is 3. The third kappa shape index (κ3) is 6.61. The van der Waals surface area contributed by atoms with Gasteiger partial charge in [0.1, 0.15) is 23.5 Å². The van der Waals surface area contributed by atoms with E-state index >= 15 is 0 Å². The molecule has 0 saturated carbocycles. The Balaban J connectivity index is 0.00000144. The Morgan fingerprint density at radius 3 is 1.56 bits per heavy atom. The molecule has 1 aromatic heterocycles. The van der Waals surface area contributed by atoms with Crippen LogP contribution in [0, 0.1) is 40.8 Å². The summed E-state index contributed by atoms with van der Waals surface area (Å²) in [5, 5.41) is 0. The number of pyridine rings is 1. The molecule has 1 aromatic rings. The van der Waals surface area contributed by atoms with Gasteiger partial charge in [-0.3, -0.25) is 9.98 Å². The molecule has 3 heterocycles. The molecule has 9 heteroatoms. The zero-order valence-electron chi connectivity index (χ0n) is 19.0. The molecular weight excluding hydrogens is 621 g/mol. The third-order valence-corrected chi connectivity index (χ3v) is 5.54. The maximum absolute atomic E-state index is 4.80. The van der Waals surface area contributed by atoms with Crippen LogP contribution in [-0.2, 0) is 0 Å². The first-order valence-corrected chi connectivity index (χ1v) is 10.8. The van der Waals surface area contributed by atoms with Crippen molar-refractivity contribution >= 4 is 23.1 Å². The zero-order chi connectivity index (χ0) is 20.5. The molecule has 2 aliphatic carbocycles. The van der Waals surface area contributed by atoms with Gasteiger partial charge in [-0.1, -0.05) is 57.1 Å². The normalized spacial score (nSPS) is 21.0. The van der Waals surface area contributed by atoms with Gasteiger partial charge in [0.2, 0.25) is 0 Å². The van der Waals surface area contributed by atoms with Crippen LogP contribution < -0.4 is 37.2 Å². The number of hydrogen-bond donors (Lipinski definition) is 0. The number of nitrogens with zero attached hydrogens (tertiary/aromatic N) is 5. The minimum absolute atomic E-state index is 0. The van der Waals surface area contributed by atoms with Crippen molar-refractivity contribution in [1.82, 2.24) is 4.98 Å². The maximum Gasteiger partial charge on any atom is 3.00 e. The molecule has 5 rings (SSSR count). The van der Waals surface area contributed by atoms with E-state index < -0.39 is 0 Å². The largest absolute Gasteiger partial charge is 3.00 e. The summed E-state index contributed by atoms with van der Waals surface area (Å²) >= 11 is 0. The molecule has 0 saturated heterocycles. The number of fused-ring (bicyclic) bond motifs is 2. The van der Waals surface area contributed by atoms with Crippen molar-refractivity contribution in [3.05, 3.63) is 77.2 Å². The van der Waals surface area contributed by atoms with Gasteiger partial charge in [0.25, 0.3) is 0 Å². The van der Waals surface area contributed by atoms with Gasteiger partial charge in [0.15, 0.2) is 11.7 Å². The minimum atomic E-state index is 0. The molecule has 0 fully saturated rings. The van der Waals surface area contributed by atoms with Crippen LogP contribution in [0.2, 0.25) is 0 Å². The van der Waals surface area contributed by atoms with E-state index in [0.29, 0.717) is 11.7 Å². The second-order valence-corrected chi connectivity index (χ2v) is 7.93. The smallest absolute Gasteiger partial charge is 1.00 e. The zero-order valence-corrected chi connectivity index (χ0v) is 24.5. The predicted molar refractivity (Wildman–Crippen MR) is 124 cm³/mol. The molecule has 0 amide bonds. The van der Waals surface area contributed by atoms with Gasteiger partial charge in [-0.25, -0.2) is 15.0 Å². The molecule has 0 bridgehead atoms. The second kappa shape index (κ2) is 13.9. The van der Waals surface area contributed by atoms with E-state index in [1.54, 1.807) is 0 Å². The Hall–Kier alpha value is -0.989. The van der Waals surface area contributed by atoms with Crippen molar-refractivity contribution in [2.24, 2.45) is 20.0 Å². The van der Waals surface area contributed by atoms with E-state index in [0.717, 1.165) is 48.5 Å². The molecule has 0 aromatic carbocycles. The summed E-state index contributed by atoms with van der Waals surface area (Å²) in [5.74, 6) is 1.37. The molecule has 2 aliphatic heterocycles. The summed E-state index contributed by atoms with van der Waals surface area (Å²) in [7, 11) is 0. The molecule has 5 nitrogen and oxygen atoms in total. The van der Waals surface area contributed by atoms with E-state index in [-0.39, 0.29) is 90.1 Å². The van der Waals surface area contributed by atoms with Gasteiger partial charge in [-0.15, -0.1) is 0 Å². The molecule has 4 aliphatic rings. The summed E-state index contributed by atoms with van der Waals surface area (Å²) in [6, 6.07) is 5.91. The first-order chi connectivity index (χ1) is 14.7. The van der Waals surface area contributed by atoms with Crippen LogP contribution in [0.5, 0.6) is 0 Å². The van der Waals surface area contributed by atoms with Crippen LogP contribution in [-0.4, -0.2) is 40.2 Å². The average Bonchev–Trinajstić information content (AvgIpc) is 3.38. The van der Waals surface area contributed by atoms with E-state index in [9.17, 15) is 0 Å². The van der Waals surface area contributed by atoms with Crippen LogP contribution in [0.1, 0.15) is 50.9 Å². The molecule has 0 N–H and O–H groups in total. The Morgan fingerprint density at radius 1 is 0.706 bits per heavy atom. The van der Waals surface area contributed by atoms with Crippen molar-refractivity contribution in [1.29, 1.82) is 0 Å². The minimum Gasteiger partial charge on any atom is -1.00 e. The summed E-state index contributed by atoms with van der Waals surface area (Å²) in [6.45, 7) is 4.38. The van der Waals surface area contributed by atoms with Gasteiger partial charge in [0, 0.05) is 0 Å². The van der Waals surface area contributed by atoms with Crippen molar-refractivity contribution < 1.29 is 78.1 Å². The molecule has 175 valence electrons. The standard InChI is InChI=1S/C25H25N5.3ClH.Nd/c1-3-6-16-10-12-18-22(14-16)29-24(27-18)20-8-5-9-21(26-20)25-28-19-13-11-17(7-4-2)15-23(19)30-25;;;;/h5,8-15,18-19H,3-4,6-7H2,1-2H3;3*1H;/q;;;;+3/p-3. The quantitative estimate of drug-likeness (QED) is 0.310. The Kier molecular flexibility index (Phi) is 12.7. The van der Waals surface area contributed by atoms with Gasteiger partial charge in [-0.05, 0) is 48.3 Å². The summed E-state index contributed by atoms with van der Waals surface area (Å²) in [4.78, 5) is 23.9. The molecule has 0 spiro atoms. The van der Waals surface area contributed by atoms with Gasteiger partial charge < -0.3 is 37.2 Å². The molecule has 2 atom stereocenters. The fourth-order valence-corrected chi connectivity index (χ4v) is 4.07. The van der Waals surface area contributed by atoms with E-state index in [2.05, 4.69) is 50.3 Å². The number of amidine groups is 2. The van der Waals surface area contributed by atoms with Crippen LogP contribution in [0.15, 0.2) is 85.8 Å². The van der Waals surface area contributed by atoms with E-state index in [1.807, 2.05) is 18.2 Å². The fraction of sp³-hybridized carbons (Fsp3) is 0.320. The summed E-state index contributed by atoms with van der Waals surface area (Å²) in [6.07, 6.45) is 17.3. The molecular formula is C25H25Cl3N5Nd. The number of aliphatic imine (C=N–C) groups is 4. The van der Waals surface area contributed by atoms with E-state index in [4.69, 9.17) is 25.0 Å². The third-order valence-electron chi connectivity index (χ3n) is 5.54. The van der Waals surface area contributed by atoms with Crippen molar-refractivity contribution in [3.8, 4) is 0 Å². The maximum atomic E-state index is 4.80. The number of allylic oxidation sites excluding steroid dienone is 4. The van der Waals surface area contributed by atoms with E-state index in [1.165, 1.54) is 11.1 Å². The SMILES string of the molecule is CCCC1=CC2=NC(c3cccc(C4=NC5C=CC(CCC)=CC5=N4)n3)=NC2C=C1.[Cl-].[Cl-].[Cl-].[Nd+3]. The topological polar surface area (TPSA) is 62.3 Å². The van der Waals surface area contributed by atoms with Crippen LogP contribution in [0.4, 0.5) is 0 Å². The summed E-state index contributed by atoms with van der Waals surface area (Å²) in [5.41, 5.74) is 6.17. The first-order valence-electron chi connectivity index (χ1n) is 10.8. The average molecular weight is 646 g/mol. The van der Waals surface area contributed by atoms with Crippen LogP contribution >= 0.6 is 0 Å². The fourth-order valence-electron chi connectivity index (χ4n) is 4.07. The van der Waals surface area contributed by atoms with Crippen molar-refractivity contribution in [3.63, 3.8) is 0 Å². The van der Waals surface area contributed by atoms with Gasteiger partial charge in [-0.2, -0.15) is 0 Å². The first kappa shape index (κ1) is 31.0. The Labute approximate surface area is 252 Å². The van der Waals surface area contributed by atoms with Crippen LogP contribution in [0.25, 0.3) is 0 Å². The number of hydrogen-bond acceptors (Lipinski definition) is 5. The van der Waals surface area contributed by atoms with Crippen molar-refractivity contribution in [2.75, 3.05) is 0 Å². The van der Waals surface area contributed by atoms with Crippen molar-refractivity contribution in [2.45, 2.75) is 51.6 Å². The predicted octanol–water partition coefficient (Wildman–Crippen LogP) is -4.17. The Morgan fingerprint density at radius 2 is 1.15 bits per heavy atom.